The van der Waals surface area contributed by atoms with Crippen molar-refractivity contribution in [3.63, 3.8) is 0 Å². The monoisotopic (exact) mass is 269 g/mol. The molecule has 1 amide bonds. The van der Waals surface area contributed by atoms with Crippen LogP contribution in [0, 0.1) is 0 Å². The Morgan fingerprint density at radius 2 is 1.79 bits per heavy atom. The second kappa shape index (κ2) is 8.54. The van der Waals surface area contributed by atoms with Crippen LogP contribution in [0.3, 0.4) is 0 Å². The van der Waals surface area contributed by atoms with E-state index in [1.54, 1.807) is 4.90 Å². The summed E-state index contributed by atoms with van der Waals surface area (Å²) in [5, 5.41) is 3.55. The van der Waals surface area contributed by atoms with E-state index < -0.39 is 0 Å². The average Bonchev–Trinajstić information content (AvgIpc) is 2.39. The van der Waals surface area contributed by atoms with E-state index in [2.05, 4.69) is 24.2 Å². The Bertz CT molecular complexity index is 260. The van der Waals surface area contributed by atoms with Crippen LogP contribution in [0.15, 0.2) is 0 Å². The SMILES string of the molecule is CCNC1CCC(N(C)CCCC(=O)N(C)C)CC1. The molecule has 0 aromatic rings. The van der Waals surface area contributed by atoms with Gasteiger partial charge in [0.05, 0.1) is 0 Å². The van der Waals surface area contributed by atoms with E-state index >= 15 is 0 Å². The predicted octanol–water partition coefficient (Wildman–Crippen LogP) is 1.71. The molecule has 0 bridgehead atoms. The maximum Gasteiger partial charge on any atom is 0.222 e. The molecule has 4 heteroatoms. The zero-order chi connectivity index (χ0) is 14.3. The molecule has 0 spiro atoms. The van der Waals surface area contributed by atoms with Gasteiger partial charge in [0.15, 0.2) is 0 Å². The molecule has 0 saturated heterocycles. The van der Waals surface area contributed by atoms with Crippen molar-refractivity contribution in [2.24, 2.45) is 0 Å². The van der Waals surface area contributed by atoms with E-state index in [1.165, 1.54) is 25.7 Å². The maximum atomic E-state index is 11.5. The molecule has 1 fully saturated rings. The summed E-state index contributed by atoms with van der Waals surface area (Å²) < 4.78 is 0. The number of hydrogen-bond acceptors (Lipinski definition) is 3. The molecule has 19 heavy (non-hydrogen) atoms. The number of nitrogens with zero attached hydrogens (tertiary/aromatic N) is 2. The van der Waals surface area contributed by atoms with Gasteiger partial charge in [-0.1, -0.05) is 6.92 Å². The van der Waals surface area contributed by atoms with Crippen LogP contribution in [0.5, 0.6) is 0 Å². The lowest BCUT2D eigenvalue weighted by Crippen LogP contribution is -2.41. The lowest BCUT2D eigenvalue weighted by molar-refractivity contribution is -0.128. The highest BCUT2D eigenvalue weighted by molar-refractivity contribution is 5.75. The van der Waals surface area contributed by atoms with Crippen LogP contribution in [-0.4, -0.2) is 62.0 Å². The van der Waals surface area contributed by atoms with Gasteiger partial charge in [-0.05, 0) is 52.2 Å². The summed E-state index contributed by atoms with van der Waals surface area (Å²) in [4.78, 5) is 15.6. The molecule has 0 aliphatic heterocycles. The van der Waals surface area contributed by atoms with Crippen molar-refractivity contribution in [2.75, 3.05) is 34.2 Å². The highest BCUT2D eigenvalue weighted by atomic mass is 16.2. The minimum Gasteiger partial charge on any atom is -0.349 e. The quantitative estimate of drug-likeness (QED) is 0.764. The van der Waals surface area contributed by atoms with E-state index in [4.69, 9.17) is 0 Å². The number of hydrogen-bond donors (Lipinski definition) is 1. The van der Waals surface area contributed by atoms with Gasteiger partial charge in [-0.25, -0.2) is 0 Å². The van der Waals surface area contributed by atoms with Crippen molar-refractivity contribution < 1.29 is 4.79 Å². The van der Waals surface area contributed by atoms with Crippen molar-refractivity contribution in [3.05, 3.63) is 0 Å². The van der Waals surface area contributed by atoms with Gasteiger partial charge in [-0.2, -0.15) is 0 Å². The Labute approximate surface area is 118 Å². The third-order valence-corrected chi connectivity index (χ3v) is 4.21. The molecular weight excluding hydrogens is 238 g/mol. The van der Waals surface area contributed by atoms with E-state index in [1.807, 2.05) is 14.1 Å². The molecule has 1 N–H and O–H groups in total. The van der Waals surface area contributed by atoms with Gasteiger partial charge in [-0.15, -0.1) is 0 Å². The molecule has 1 aliphatic carbocycles. The van der Waals surface area contributed by atoms with E-state index in [9.17, 15) is 4.79 Å². The number of amides is 1. The Hall–Kier alpha value is -0.610. The number of carbonyl (C=O) groups excluding carboxylic acids is 1. The van der Waals surface area contributed by atoms with Crippen LogP contribution in [0.25, 0.3) is 0 Å². The topological polar surface area (TPSA) is 35.6 Å². The summed E-state index contributed by atoms with van der Waals surface area (Å²) in [6, 6.07) is 1.44. The predicted molar refractivity (Wildman–Crippen MR) is 80.3 cm³/mol. The molecule has 0 unspecified atom stereocenters. The first-order valence-electron chi connectivity index (χ1n) is 7.68. The standard InChI is InChI=1S/C15H31N3O/c1-5-16-13-8-10-14(11-9-13)18(4)12-6-7-15(19)17(2)3/h13-14,16H,5-12H2,1-4H3. The number of carbonyl (C=O) groups is 1. The Morgan fingerprint density at radius 1 is 1.16 bits per heavy atom. The van der Waals surface area contributed by atoms with E-state index in [-0.39, 0.29) is 5.91 Å². The Balaban J connectivity index is 2.17. The molecule has 1 aliphatic rings. The molecule has 0 aromatic carbocycles. The lowest BCUT2D eigenvalue weighted by atomic mass is 9.90. The Morgan fingerprint density at radius 3 is 2.32 bits per heavy atom. The normalized spacial score (nSPS) is 23.6. The van der Waals surface area contributed by atoms with Gasteiger partial charge in [0.25, 0.3) is 0 Å². The van der Waals surface area contributed by atoms with Gasteiger partial charge in [0.1, 0.15) is 0 Å². The average molecular weight is 269 g/mol. The van der Waals surface area contributed by atoms with Crippen molar-refractivity contribution >= 4 is 5.91 Å². The lowest BCUT2D eigenvalue weighted by Gasteiger charge is -2.35. The largest absolute Gasteiger partial charge is 0.349 e. The fourth-order valence-corrected chi connectivity index (χ4v) is 2.90. The smallest absolute Gasteiger partial charge is 0.222 e. The second-order valence-corrected chi connectivity index (χ2v) is 5.94. The molecule has 1 saturated carbocycles. The molecule has 0 aromatic heterocycles. The first-order chi connectivity index (χ1) is 9.04. The molecule has 0 radical (unpaired) electrons. The van der Waals surface area contributed by atoms with Gasteiger partial charge < -0.3 is 15.1 Å². The summed E-state index contributed by atoms with van der Waals surface area (Å²) in [5.74, 6) is 0.240. The minimum atomic E-state index is 0.240. The van der Waals surface area contributed by atoms with Gasteiger partial charge in [0, 0.05) is 32.6 Å². The summed E-state index contributed by atoms with van der Waals surface area (Å²) in [5.41, 5.74) is 0. The van der Waals surface area contributed by atoms with Gasteiger partial charge >= 0.3 is 0 Å². The summed E-state index contributed by atoms with van der Waals surface area (Å²) >= 11 is 0. The highest BCUT2D eigenvalue weighted by Gasteiger charge is 2.23. The summed E-state index contributed by atoms with van der Waals surface area (Å²) in [6.45, 7) is 4.30. The summed E-state index contributed by atoms with van der Waals surface area (Å²) in [6.07, 6.45) is 6.80. The molecule has 112 valence electrons. The zero-order valence-electron chi connectivity index (χ0n) is 13.1. The van der Waals surface area contributed by atoms with Crippen molar-refractivity contribution in [3.8, 4) is 0 Å². The first kappa shape index (κ1) is 16.4. The van der Waals surface area contributed by atoms with Crippen LogP contribution >= 0.6 is 0 Å². The fourth-order valence-electron chi connectivity index (χ4n) is 2.90. The van der Waals surface area contributed by atoms with Crippen molar-refractivity contribution in [1.29, 1.82) is 0 Å². The van der Waals surface area contributed by atoms with E-state index in [0.29, 0.717) is 12.5 Å². The van der Waals surface area contributed by atoms with Crippen LogP contribution in [0.1, 0.15) is 45.4 Å². The number of rotatable bonds is 7. The third kappa shape index (κ3) is 5.91. The summed E-state index contributed by atoms with van der Waals surface area (Å²) in [7, 11) is 5.86. The van der Waals surface area contributed by atoms with E-state index in [0.717, 1.165) is 25.6 Å². The minimum absolute atomic E-state index is 0.240. The third-order valence-electron chi connectivity index (χ3n) is 4.21. The first-order valence-corrected chi connectivity index (χ1v) is 7.68. The number of nitrogens with one attached hydrogen (secondary N) is 1. The van der Waals surface area contributed by atoms with Gasteiger partial charge in [0.2, 0.25) is 5.91 Å². The maximum absolute atomic E-state index is 11.5. The second-order valence-electron chi connectivity index (χ2n) is 5.94. The molecule has 0 atom stereocenters. The van der Waals surface area contributed by atoms with Crippen molar-refractivity contribution in [2.45, 2.75) is 57.5 Å². The molecule has 1 rings (SSSR count). The van der Waals surface area contributed by atoms with Crippen LogP contribution < -0.4 is 5.32 Å². The van der Waals surface area contributed by atoms with Crippen LogP contribution in [0.2, 0.25) is 0 Å². The Kier molecular flexibility index (Phi) is 7.39. The van der Waals surface area contributed by atoms with Gasteiger partial charge in [-0.3, -0.25) is 4.79 Å². The highest BCUT2D eigenvalue weighted by Crippen LogP contribution is 2.22. The molecule has 0 heterocycles. The zero-order valence-corrected chi connectivity index (χ0v) is 13.1. The molecule has 4 nitrogen and oxygen atoms in total. The van der Waals surface area contributed by atoms with Crippen LogP contribution in [-0.2, 0) is 4.79 Å². The van der Waals surface area contributed by atoms with Crippen molar-refractivity contribution in [1.82, 2.24) is 15.1 Å². The molecular formula is C15H31N3O. The van der Waals surface area contributed by atoms with Crippen LogP contribution in [0.4, 0.5) is 0 Å². The fraction of sp³-hybridized carbons (Fsp3) is 0.933.